The highest BCUT2D eigenvalue weighted by Gasteiger charge is 2.26. The average molecular weight is 302 g/mol. The minimum atomic E-state index is -2.81. The van der Waals surface area contributed by atoms with Crippen LogP contribution in [0.4, 0.5) is 14.6 Å². The lowest BCUT2D eigenvalue weighted by molar-refractivity contribution is -0.0666. The summed E-state index contributed by atoms with van der Waals surface area (Å²) in [6, 6.07) is 3.57. The second-order valence-corrected chi connectivity index (χ2v) is 4.72. The Morgan fingerprint density at radius 1 is 1.33 bits per heavy atom. The summed E-state index contributed by atoms with van der Waals surface area (Å²) >= 11 is 0. The average Bonchev–Trinajstić information content (AvgIpc) is 2.94. The number of nitrogens with zero attached hydrogens (tertiary/aromatic N) is 3. The molecule has 120 valence electrons. The molecule has 1 saturated heterocycles. The summed E-state index contributed by atoms with van der Waals surface area (Å²) in [6.07, 6.45) is 1.59. The Morgan fingerprint density at radius 2 is 2.05 bits per heavy atom. The number of hydrogen-bond acceptors (Lipinski definition) is 5. The summed E-state index contributed by atoms with van der Waals surface area (Å²) < 4.78 is 26.0. The molecular weight excluding hydrogens is 278 g/mol. The smallest absolute Gasteiger partial charge is 0.260 e. The molecule has 0 amide bonds. The van der Waals surface area contributed by atoms with Crippen LogP contribution < -0.4 is 10.6 Å². The van der Waals surface area contributed by atoms with Crippen molar-refractivity contribution in [3.8, 4) is 0 Å². The molecule has 5 nitrogen and oxygen atoms in total. The van der Waals surface area contributed by atoms with Crippen molar-refractivity contribution in [2.45, 2.75) is 32.6 Å². The van der Waals surface area contributed by atoms with Crippen LogP contribution in [0.25, 0.3) is 0 Å². The van der Waals surface area contributed by atoms with Crippen LogP contribution in [-0.2, 0) is 6.42 Å². The van der Waals surface area contributed by atoms with Crippen molar-refractivity contribution in [3.05, 3.63) is 23.9 Å². The highest BCUT2D eigenvalue weighted by atomic mass is 19.3. The van der Waals surface area contributed by atoms with Gasteiger partial charge in [0, 0.05) is 25.7 Å². The summed E-state index contributed by atoms with van der Waals surface area (Å²) in [5.74, 6) is -2.07. The van der Waals surface area contributed by atoms with Crippen molar-refractivity contribution in [1.82, 2.24) is 10.0 Å². The minimum Gasteiger partial charge on any atom is -0.340 e. The van der Waals surface area contributed by atoms with Gasteiger partial charge < -0.3 is 15.8 Å². The van der Waals surface area contributed by atoms with Crippen molar-refractivity contribution in [2.75, 3.05) is 31.2 Å². The van der Waals surface area contributed by atoms with E-state index in [9.17, 15) is 14.0 Å². The van der Waals surface area contributed by atoms with E-state index in [0.717, 1.165) is 11.4 Å². The fourth-order valence-electron chi connectivity index (χ4n) is 1.94. The van der Waals surface area contributed by atoms with Gasteiger partial charge in [0.1, 0.15) is 5.82 Å². The molecule has 0 saturated carbocycles. The Balaban J connectivity index is 0.00000106. The van der Waals surface area contributed by atoms with Crippen LogP contribution in [0.5, 0.6) is 0 Å². The summed E-state index contributed by atoms with van der Waals surface area (Å²) in [4.78, 5) is 6.15. The highest BCUT2D eigenvalue weighted by molar-refractivity contribution is 5.40. The number of hydroxylamine groups is 2. The Hall–Kier alpha value is -1.31. The molecule has 0 aliphatic carbocycles. The SMILES string of the molecule is CC.NCC(F)(F)CCc1ccc(N2CCN(O)C2)nc1. The molecule has 1 aliphatic rings. The van der Waals surface area contributed by atoms with Crippen molar-refractivity contribution >= 4 is 5.82 Å². The topological polar surface area (TPSA) is 65.6 Å². The van der Waals surface area contributed by atoms with E-state index in [-0.39, 0.29) is 12.8 Å². The molecule has 0 radical (unpaired) electrons. The molecule has 0 spiro atoms. The number of aryl methyl sites for hydroxylation is 1. The molecule has 1 aromatic heterocycles. The molecule has 0 unspecified atom stereocenters. The predicted octanol–water partition coefficient (Wildman–Crippen LogP) is 2.10. The first-order valence-corrected chi connectivity index (χ1v) is 7.22. The van der Waals surface area contributed by atoms with Gasteiger partial charge in [-0.05, 0) is 18.1 Å². The number of aromatic nitrogens is 1. The van der Waals surface area contributed by atoms with Gasteiger partial charge in [0.2, 0.25) is 0 Å². The number of rotatable bonds is 5. The van der Waals surface area contributed by atoms with Crippen molar-refractivity contribution in [3.63, 3.8) is 0 Å². The standard InChI is InChI=1S/C12H18F2N4O.C2H6/c13-12(14,8-15)4-3-10-1-2-11(16-7-10)17-5-6-18(19)9-17;1-2/h1-2,7,19H,3-6,8-9,15H2;1-2H3. The molecule has 1 aromatic rings. The fraction of sp³-hybridized carbons (Fsp3) is 0.643. The number of hydrogen-bond donors (Lipinski definition) is 2. The van der Waals surface area contributed by atoms with Crippen LogP contribution in [0, 0.1) is 0 Å². The number of halogens is 2. The molecule has 1 fully saturated rings. The van der Waals surface area contributed by atoms with Gasteiger partial charge >= 0.3 is 0 Å². The number of nitrogens with two attached hydrogens (primary N) is 1. The lowest BCUT2D eigenvalue weighted by Gasteiger charge is -2.17. The van der Waals surface area contributed by atoms with Crippen LogP contribution in [0.3, 0.4) is 0 Å². The van der Waals surface area contributed by atoms with Crippen molar-refractivity contribution in [2.24, 2.45) is 5.73 Å². The van der Waals surface area contributed by atoms with Crippen molar-refractivity contribution < 1.29 is 14.0 Å². The van der Waals surface area contributed by atoms with E-state index in [0.29, 0.717) is 19.8 Å². The quantitative estimate of drug-likeness (QED) is 0.872. The maximum Gasteiger partial charge on any atom is 0.260 e. The maximum atomic E-state index is 13.0. The summed E-state index contributed by atoms with van der Waals surface area (Å²) in [6.45, 7) is 5.07. The summed E-state index contributed by atoms with van der Waals surface area (Å²) in [5, 5.41) is 10.5. The second kappa shape index (κ2) is 8.21. The number of pyridine rings is 1. The van der Waals surface area contributed by atoms with Crippen LogP contribution in [0.15, 0.2) is 18.3 Å². The van der Waals surface area contributed by atoms with Gasteiger partial charge in [-0.2, -0.15) is 5.06 Å². The molecule has 0 aromatic carbocycles. The lowest BCUT2D eigenvalue weighted by atomic mass is 10.1. The molecule has 0 atom stereocenters. The third-order valence-corrected chi connectivity index (χ3v) is 3.17. The largest absolute Gasteiger partial charge is 0.340 e. The van der Waals surface area contributed by atoms with Gasteiger partial charge in [0.15, 0.2) is 0 Å². The molecule has 1 aliphatic heterocycles. The Bertz CT molecular complexity index is 414. The normalized spacial score (nSPS) is 15.8. The predicted molar refractivity (Wildman–Crippen MR) is 78.6 cm³/mol. The monoisotopic (exact) mass is 302 g/mol. The summed E-state index contributed by atoms with van der Waals surface area (Å²) in [5.41, 5.74) is 5.75. The molecular formula is C14H24F2N4O. The van der Waals surface area contributed by atoms with Crippen LogP contribution in [-0.4, -0.2) is 47.5 Å². The van der Waals surface area contributed by atoms with E-state index >= 15 is 0 Å². The molecule has 2 rings (SSSR count). The van der Waals surface area contributed by atoms with E-state index < -0.39 is 12.5 Å². The third kappa shape index (κ3) is 5.53. The van der Waals surface area contributed by atoms with E-state index in [1.165, 1.54) is 5.06 Å². The first kappa shape index (κ1) is 17.7. The Labute approximate surface area is 124 Å². The first-order chi connectivity index (χ1) is 10.00. The Kier molecular flexibility index (Phi) is 6.94. The van der Waals surface area contributed by atoms with E-state index in [1.54, 1.807) is 18.3 Å². The van der Waals surface area contributed by atoms with E-state index in [2.05, 4.69) is 4.98 Å². The minimum absolute atomic E-state index is 0.254. The van der Waals surface area contributed by atoms with Gasteiger partial charge in [-0.15, -0.1) is 0 Å². The van der Waals surface area contributed by atoms with Gasteiger partial charge in [0.25, 0.3) is 5.92 Å². The van der Waals surface area contributed by atoms with Crippen LogP contribution in [0.2, 0.25) is 0 Å². The van der Waals surface area contributed by atoms with Gasteiger partial charge in [-0.1, -0.05) is 19.9 Å². The molecule has 2 heterocycles. The van der Waals surface area contributed by atoms with Crippen LogP contribution in [0.1, 0.15) is 25.8 Å². The van der Waals surface area contributed by atoms with Gasteiger partial charge in [-0.25, -0.2) is 13.8 Å². The summed E-state index contributed by atoms with van der Waals surface area (Å²) in [7, 11) is 0. The highest BCUT2D eigenvalue weighted by Crippen LogP contribution is 2.20. The van der Waals surface area contributed by atoms with Gasteiger partial charge in [-0.3, -0.25) is 0 Å². The Morgan fingerprint density at radius 3 is 2.52 bits per heavy atom. The van der Waals surface area contributed by atoms with Gasteiger partial charge in [0.05, 0.1) is 13.2 Å². The zero-order valence-electron chi connectivity index (χ0n) is 12.6. The molecule has 0 bridgehead atoms. The third-order valence-electron chi connectivity index (χ3n) is 3.17. The molecule has 21 heavy (non-hydrogen) atoms. The van der Waals surface area contributed by atoms with E-state index in [4.69, 9.17) is 5.73 Å². The number of alkyl halides is 2. The zero-order valence-corrected chi connectivity index (χ0v) is 12.6. The number of anilines is 1. The zero-order chi connectivity index (χ0) is 15.9. The molecule has 7 heteroatoms. The van der Waals surface area contributed by atoms with Crippen molar-refractivity contribution in [1.29, 1.82) is 0 Å². The maximum absolute atomic E-state index is 13.0. The fourth-order valence-corrected chi connectivity index (χ4v) is 1.94. The second-order valence-electron chi connectivity index (χ2n) is 4.72. The molecule has 3 N–H and O–H groups in total. The lowest BCUT2D eigenvalue weighted by Crippen LogP contribution is -2.28. The van der Waals surface area contributed by atoms with E-state index in [1.807, 2.05) is 18.7 Å². The van der Waals surface area contributed by atoms with Crippen LogP contribution >= 0.6 is 0 Å². The first-order valence-electron chi connectivity index (χ1n) is 7.22.